The summed E-state index contributed by atoms with van der Waals surface area (Å²) >= 11 is 1.59. The van der Waals surface area contributed by atoms with Crippen LogP contribution in [-0.2, 0) is 0 Å². The van der Waals surface area contributed by atoms with Crippen LogP contribution >= 0.6 is 11.8 Å². The van der Waals surface area contributed by atoms with Crippen LogP contribution in [0, 0.1) is 11.8 Å². The van der Waals surface area contributed by atoms with E-state index in [4.69, 9.17) is 0 Å². The van der Waals surface area contributed by atoms with Crippen LogP contribution in [0.3, 0.4) is 0 Å². The van der Waals surface area contributed by atoms with Crippen LogP contribution in [0.4, 0.5) is 5.69 Å². The van der Waals surface area contributed by atoms with Crippen molar-refractivity contribution in [2.24, 2.45) is 11.8 Å². The van der Waals surface area contributed by atoms with Gasteiger partial charge in [0.15, 0.2) is 0 Å². The molecule has 0 aliphatic carbocycles. The summed E-state index contributed by atoms with van der Waals surface area (Å²) in [6, 6.07) is 5.81. The largest absolute Gasteiger partial charge is 0.478 e. The van der Waals surface area contributed by atoms with Gasteiger partial charge in [-0.3, -0.25) is 0 Å². The predicted molar refractivity (Wildman–Crippen MR) is 91.7 cm³/mol. The van der Waals surface area contributed by atoms with E-state index in [1.165, 1.54) is 0 Å². The van der Waals surface area contributed by atoms with E-state index in [0.717, 1.165) is 29.4 Å². The minimum atomic E-state index is -0.834. The monoisotopic (exact) mass is 309 g/mol. The Kier molecular flexibility index (Phi) is 7.09. The van der Waals surface area contributed by atoms with Crippen LogP contribution < -0.4 is 4.90 Å². The van der Waals surface area contributed by atoms with Crippen molar-refractivity contribution in [2.75, 3.05) is 23.7 Å². The average molecular weight is 309 g/mol. The highest BCUT2D eigenvalue weighted by Crippen LogP contribution is 2.31. The summed E-state index contributed by atoms with van der Waals surface area (Å²) in [6.07, 6.45) is 0. The lowest BCUT2D eigenvalue weighted by molar-refractivity contribution is 0.0693. The molecule has 0 bridgehead atoms. The number of anilines is 1. The molecule has 1 aromatic rings. The van der Waals surface area contributed by atoms with Gasteiger partial charge in [0, 0.05) is 18.0 Å². The van der Waals surface area contributed by atoms with Gasteiger partial charge in [0.25, 0.3) is 0 Å². The van der Waals surface area contributed by atoms with Crippen LogP contribution in [0.5, 0.6) is 0 Å². The standard InChI is InChI=1S/C17H27NO2S/c1-6-21-15-9-7-8-14(16(15)17(19)20)18(10-12(2)3)11-13(4)5/h7-9,12-13H,6,10-11H2,1-5H3,(H,19,20). The molecule has 118 valence electrons. The molecule has 0 aromatic heterocycles. The molecule has 0 aliphatic heterocycles. The highest BCUT2D eigenvalue weighted by Gasteiger charge is 2.21. The number of nitrogens with zero attached hydrogens (tertiary/aromatic N) is 1. The molecule has 0 amide bonds. The zero-order valence-electron chi connectivity index (χ0n) is 13.7. The molecule has 0 aliphatic rings. The third-order valence-corrected chi connectivity index (χ3v) is 3.97. The van der Waals surface area contributed by atoms with E-state index in [0.29, 0.717) is 17.4 Å². The van der Waals surface area contributed by atoms with Gasteiger partial charge in [-0.05, 0) is 29.7 Å². The second kappa shape index (κ2) is 8.32. The number of carboxylic acids is 1. The van der Waals surface area contributed by atoms with E-state index in [9.17, 15) is 9.90 Å². The highest BCUT2D eigenvalue weighted by molar-refractivity contribution is 7.99. The minimum Gasteiger partial charge on any atom is -0.478 e. The Morgan fingerprint density at radius 3 is 2.19 bits per heavy atom. The van der Waals surface area contributed by atoms with Gasteiger partial charge in [-0.15, -0.1) is 11.8 Å². The van der Waals surface area contributed by atoms with E-state index >= 15 is 0 Å². The Morgan fingerprint density at radius 2 is 1.76 bits per heavy atom. The molecule has 0 radical (unpaired) electrons. The lowest BCUT2D eigenvalue weighted by Crippen LogP contribution is -2.32. The smallest absolute Gasteiger partial charge is 0.338 e. The Morgan fingerprint density at radius 1 is 1.19 bits per heavy atom. The van der Waals surface area contributed by atoms with Gasteiger partial charge in [0.05, 0.1) is 11.3 Å². The van der Waals surface area contributed by atoms with Gasteiger partial charge in [0.2, 0.25) is 0 Å². The molecule has 21 heavy (non-hydrogen) atoms. The quantitative estimate of drug-likeness (QED) is 0.712. The molecule has 0 saturated heterocycles. The Hall–Kier alpha value is -1.16. The molecule has 4 heteroatoms. The van der Waals surface area contributed by atoms with Crippen LogP contribution in [0.25, 0.3) is 0 Å². The first-order valence-corrected chi connectivity index (χ1v) is 8.59. The molecule has 3 nitrogen and oxygen atoms in total. The summed E-state index contributed by atoms with van der Waals surface area (Å²) in [5, 5.41) is 9.65. The van der Waals surface area contributed by atoms with E-state index in [1.807, 2.05) is 25.1 Å². The fourth-order valence-corrected chi connectivity index (χ4v) is 3.25. The number of hydrogen-bond donors (Lipinski definition) is 1. The SMILES string of the molecule is CCSc1cccc(N(CC(C)C)CC(C)C)c1C(=O)O. The van der Waals surface area contributed by atoms with Crippen molar-refractivity contribution in [3.8, 4) is 0 Å². The molecular formula is C17H27NO2S. The van der Waals surface area contributed by atoms with Crippen LogP contribution in [0.15, 0.2) is 23.1 Å². The third kappa shape index (κ3) is 5.27. The topological polar surface area (TPSA) is 40.5 Å². The summed E-state index contributed by atoms with van der Waals surface area (Å²) in [7, 11) is 0. The second-order valence-electron chi connectivity index (χ2n) is 6.08. The second-order valence-corrected chi connectivity index (χ2v) is 7.39. The Bertz CT molecular complexity index is 462. The van der Waals surface area contributed by atoms with E-state index < -0.39 is 5.97 Å². The number of rotatable bonds is 8. The number of benzene rings is 1. The van der Waals surface area contributed by atoms with Crippen LogP contribution in [0.1, 0.15) is 45.0 Å². The van der Waals surface area contributed by atoms with Gasteiger partial charge < -0.3 is 10.0 Å². The number of thioether (sulfide) groups is 1. The molecular weight excluding hydrogens is 282 g/mol. The summed E-state index contributed by atoms with van der Waals surface area (Å²) in [5.41, 5.74) is 1.30. The molecule has 1 N–H and O–H groups in total. The lowest BCUT2D eigenvalue weighted by Gasteiger charge is -2.30. The molecule has 0 atom stereocenters. The van der Waals surface area contributed by atoms with Crippen molar-refractivity contribution in [1.29, 1.82) is 0 Å². The van der Waals surface area contributed by atoms with Crippen LogP contribution in [-0.4, -0.2) is 29.9 Å². The maximum absolute atomic E-state index is 11.8. The van der Waals surface area contributed by atoms with Gasteiger partial charge >= 0.3 is 5.97 Å². The first-order chi connectivity index (χ1) is 9.86. The summed E-state index contributed by atoms with van der Waals surface area (Å²) in [4.78, 5) is 14.8. The van der Waals surface area contributed by atoms with Gasteiger partial charge in [-0.2, -0.15) is 0 Å². The van der Waals surface area contributed by atoms with Crippen molar-refractivity contribution < 1.29 is 9.90 Å². The number of hydrogen-bond acceptors (Lipinski definition) is 3. The Balaban J connectivity index is 3.28. The zero-order chi connectivity index (χ0) is 16.0. The number of carbonyl (C=O) groups is 1. The molecule has 0 fully saturated rings. The zero-order valence-corrected chi connectivity index (χ0v) is 14.5. The first kappa shape index (κ1) is 17.9. The number of carboxylic acid groups (broad SMARTS) is 1. The minimum absolute atomic E-state index is 0.450. The van der Waals surface area contributed by atoms with Crippen molar-refractivity contribution >= 4 is 23.4 Å². The molecule has 0 heterocycles. The first-order valence-electron chi connectivity index (χ1n) is 7.60. The van der Waals surface area contributed by atoms with Gasteiger partial charge in [0.1, 0.15) is 0 Å². The maximum Gasteiger partial charge on any atom is 0.338 e. The van der Waals surface area contributed by atoms with Crippen molar-refractivity contribution in [3.63, 3.8) is 0 Å². The molecule has 0 unspecified atom stereocenters. The van der Waals surface area contributed by atoms with E-state index in [1.54, 1.807) is 11.8 Å². The number of aromatic carboxylic acids is 1. The van der Waals surface area contributed by atoms with Gasteiger partial charge in [-0.1, -0.05) is 40.7 Å². The van der Waals surface area contributed by atoms with Crippen molar-refractivity contribution in [1.82, 2.24) is 0 Å². The fourth-order valence-electron chi connectivity index (χ4n) is 2.43. The van der Waals surface area contributed by atoms with Crippen molar-refractivity contribution in [3.05, 3.63) is 23.8 Å². The van der Waals surface area contributed by atoms with Crippen molar-refractivity contribution in [2.45, 2.75) is 39.5 Å². The van der Waals surface area contributed by atoms with E-state index in [2.05, 4.69) is 32.6 Å². The third-order valence-electron chi connectivity index (χ3n) is 3.03. The molecule has 0 saturated carbocycles. The van der Waals surface area contributed by atoms with E-state index in [-0.39, 0.29) is 0 Å². The molecule has 1 rings (SSSR count). The summed E-state index contributed by atoms with van der Waals surface area (Å²) < 4.78 is 0. The molecule has 1 aromatic carbocycles. The van der Waals surface area contributed by atoms with Crippen LogP contribution in [0.2, 0.25) is 0 Å². The predicted octanol–water partition coefficient (Wildman–Crippen LogP) is 4.62. The summed E-state index contributed by atoms with van der Waals surface area (Å²) in [5.74, 6) is 1.03. The summed E-state index contributed by atoms with van der Waals surface area (Å²) in [6.45, 7) is 12.5. The normalized spacial score (nSPS) is 11.2. The van der Waals surface area contributed by atoms with Gasteiger partial charge in [-0.25, -0.2) is 4.79 Å². The molecule has 0 spiro atoms. The highest BCUT2D eigenvalue weighted by atomic mass is 32.2. The average Bonchev–Trinajstić information content (AvgIpc) is 2.36. The lowest BCUT2D eigenvalue weighted by atomic mass is 10.1. The maximum atomic E-state index is 11.8. The fraction of sp³-hybridized carbons (Fsp3) is 0.588. The Labute approximate surface area is 132 Å².